The maximum absolute atomic E-state index is 11.6. The highest BCUT2D eigenvalue weighted by molar-refractivity contribution is 5.80. The van der Waals surface area contributed by atoms with Gasteiger partial charge in [-0.3, -0.25) is 4.79 Å². The van der Waals surface area contributed by atoms with Gasteiger partial charge < -0.3 is 20.5 Å². The van der Waals surface area contributed by atoms with Gasteiger partial charge >= 0.3 is 0 Å². The molecule has 0 spiro atoms. The first kappa shape index (κ1) is 13.8. The van der Waals surface area contributed by atoms with E-state index in [1.807, 2.05) is 0 Å². The van der Waals surface area contributed by atoms with Gasteiger partial charge in [-0.1, -0.05) is 0 Å². The van der Waals surface area contributed by atoms with E-state index in [0.29, 0.717) is 31.9 Å². The average molecular weight is 256 g/mol. The Kier molecular flexibility index (Phi) is 5.41. The molecule has 2 fully saturated rings. The zero-order chi connectivity index (χ0) is 12.8. The minimum Gasteiger partial charge on any atom is -0.376 e. The lowest BCUT2D eigenvalue weighted by Crippen LogP contribution is -2.37. The molecule has 0 radical (unpaired) electrons. The molecule has 1 aliphatic carbocycles. The summed E-state index contributed by atoms with van der Waals surface area (Å²) in [5, 5.41) is 2.86. The van der Waals surface area contributed by atoms with E-state index >= 15 is 0 Å². The van der Waals surface area contributed by atoms with Gasteiger partial charge in [0.2, 0.25) is 5.91 Å². The molecule has 0 aromatic rings. The molecule has 0 aromatic carbocycles. The number of ether oxygens (including phenoxy) is 2. The SMILES string of the molecule is NC1CCC(OCCNC(=O)[C@H]2CCCO2)CC1. The lowest BCUT2D eigenvalue weighted by atomic mass is 9.94. The number of amides is 1. The minimum atomic E-state index is -0.238. The van der Waals surface area contributed by atoms with E-state index in [-0.39, 0.29) is 12.0 Å². The number of nitrogens with one attached hydrogen (secondary N) is 1. The Morgan fingerprint density at radius 2 is 2.06 bits per heavy atom. The first-order valence-electron chi connectivity index (χ1n) is 7.02. The molecule has 0 aromatic heterocycles. The Bertz CT molecular complexity index is 259. The maximum Gasteiger partial charge on any atom is 0.249 e. The molecule has 5 heteroatoms. The second kappa shape index (κ2) is 7.07. The molecule has 1 saturated carbocycles. The molecule has 1 aliphatic heterocycles. The zero-order valence-corrected chi connectivity index (χ0v) is 10.9. The quantitative estimate of drug-likeness (QED) is 0.705. The standard InChI is InChI=1S/C13H24N2O3/c14-10-3-5-11(6-4-10)17-9-7-15-13(16)12-2-1-8-18-12/h10-12H,1-9,14H2,(H,15,16)/t10?,11?,12-/m1/s1. The van der Waals surface area contributed by atoms with Crippen LogP contribution in [0, 0.1) is 0 Å². The first-order chi connectivity index (χ1) is 8.75. The molecule has 1 atom stereocenters. The van der Waals surface area contributed by atoms with E-state index in [1.54, 1.807) is 0 Å². The van der Waals surface area contributed by atoms with Gasteiger partial charge in [-0.15, -0.1) is 0 Å². The smallest absolute Gasteiger partial charge is 0.249 e. The van der Waals surface area contributed by atoms with Crippen LogP contribution in [-0.2, 0) is 14.3 Å². The van der Waals surface area contributed by atoms with Crippen molar-refractivity contribution < 1.29 is 14.3 Å². The number of rotatable bonds is 5. The fourth-order valence-electron chi connectivity index (χ4n) is 2.55. The van der Waals surface area contributed by atoms with Crippen LogP contribution in [0.1, 0.15) is 38.5 Å². The molecule has 1 heterocycles. The molecular formula is C13H24N2O3. The van der Waals surface area contributed by atoms with Gasteiger partial charge in [-0.2, -0.15) is 0 Å². The Balaban J connectivity index is 1.51. The van der Waals surface area contributed by atoms with Gasteiger partial charge in [-0.05, 0) is 38.5 Å². The Morgan fingerprint density at radius 3 is 2.72 bits per heavy atom. The molecule has 2 rings (SSSR count). The van der Waals surface area contributed by atoms with Crippen molar-refractivity contribution in [2.45, 2.75) is 56.8 Å². The molecular weight excluding hydrogens is 232 g/mol. The van der Waals surface area contributed by atoms with E-state index in [1.165, 1.54) is 0 Å². The second-order valence-electron chi connectivity index (χ2n) is 5.20. The van der Waals surface area contributed by atoms with Crippen molar-refractivity contribution >= 4 is 5.91 Å². The lowest BCUT2D eigenvalue weighted by molar-refractivity contribution is -0.130. The highest BCUT2D eigenvalue weighted by Crippen LogP contribution is 2.19. The van der Waals surface area contributed by atoms with Gasteiger partial charge in [0.15, 0.2) is 0 Å². The summed E-state index contributed by atoms with van der Waals surface area (Å²) in [6.07, 6.45) is 6.09. The fraction of sp³-hybridized carbons (Fsp3) is 0.923. The summed E-state index contributed by atoms with van der Waals surface area (Å²) in [6, 6.07) is 0.351. The number of carbonyl (C=O) groups is 1. The van der Waals surface area contributed by atoms with E-state index in [2.05, 4.69) is 5.32 Å². The average Bonchev–Trinajstić information content (AvgIpc) is 2.90. The fourth-order valence-corrected chi connectivity index (χ4v) is 2.55. The van der Waals surface area contributed by atoms with E-state index < -0.39 is 0 Å². The summed E-state index contributed by atoms with van der Waals surface area (Å²) in [7, 11) is 0. The van der Waals surface area contributed by atoms with Crippen LogP contribution in [0.2, 0.25) is 0 Å². The van der Waals surface area contributed by atoms with E-state index in [4.69, 9.17) is 15.2 Å². The van der Waals surface area contributed by atoms with E-state index in [0.717, 1.165) is 38.5 Å². The number of hydrogen-bond acceptors (Lipinski definition) is 4. The van der Waals surface area contributed by atoms with Crippen molar-refractivity contribution in [3.63, 3.8) is 0 Å². The third-order valence-electron chi connectivity index (χ3n) is 3.70. The van der Waals surface area contributed by atoms with Crippen LogP contribution < -0.4 is 11.1 Å². The van der Waals surface area contributed by atoms with Crippen LogP contribution in [0.3, 0.4) is 0 Å². The lowest BCUT2D eigenvalue weighted by Gasteiger charge is -2.26. The summed E-state index contributed by atoms with van der Waals surface area (Å²) in [5.74, 6) is 0.00164. The second-order valence-corrected chi connectivity index (χ2v) is 5.20. The third-order valence-corrected chi connectivity index (χ3v) is 3.70. The summed E-state index contributed by atoms with van der Waals surface area (Å²) >= 11 is 0. The van der Waals surface area contributed by atoms with Crippen LogP contribution in [0.5, 0.6) is 0 Å². The van der Waals surface area contributed by atoms with Crippen molar-refractivity contribution in [3.8, 4) is 0 Å². The van der Waals surface area contributed by atoms with Crippen LogP contribution >= 0.6 is 0 Å². The van der Waals surface area contributed by atoms with Gasteiger partial charge in [0.1, 0.15) is 6.10 Å². The zero-order valence-electron chi connectivity index (χ0n) is 10.9. The van der Waals surface area contributed by atoms with Crippen LogP contribution in [0.4, 0.5) is 0 Å². The molecule has 1 amide bonds. The largest absolute Gasteiger partial charge is 0.376 e. The van der Waals surface area contributed by atoms with Crippen molar-refractivity contribution in [1.82, 2.24) is 5.32 Å². The molecule has 5 nitrogen and oxygen atoms in total. The van der Waals surface area contributed by atoms with Crippen molar-refractivity contribution in [2.75, 3.05) is 19.8 Å². The molecule has 1 saturated heterocycles. The minimum absolute atomic E-state index is 0.00164. The normalized spacial score (nSPS) is 32.4. The predicted molar refractivity (Wildman–Crippen MR) is 68.2 cm³/mol. The van der Waals surface area contributed by atoms with Crippen molar-refractivity contribution in [2.24, 2.45) is 5.73 Å². The van der Waals surface area contributed by atoms with Gasteiger partial charge in [-0.25, -0.2) is 0 Å². The summed E-state index contributed by atoms with van der Waals surface area (Å²) in [5.41, 5.74) is 5.83. The predicted octanol–water partition coefficient (Wildman–Crippen LogP) is 0.568. The number of nitrogens with two attached hydrogens (primary N) is 1. The molecule has 2 aliphatic rings. The van der Waals surface area contributed by atoms with Gasteiger partial charge in [0, 0.05) is 19.2 Å². The van der Waals surface area contributed by atoms with Crippen molar-refractivity contribution in [1.29, 1.82) is 0 Å². The summed E-state index contributed by atoms with van der Waals surface area (Å²) in [4.78, 5) is 11.6. The maximum atomic E-state index is 11.6. The van der Waals surface area contributed by atoms with E-state index in [9.17, 15) is 4.79 Å². The highest BCUT2D eigenvalue weighted by atomic mass is 16.5. The summed E-state index contributed by atoms with van der Waals surface area (Å²) < 4.78 is 11.0. The van der Waals surface area contributed by atoms with Crippen LogP contribution in [-0.4, -0.2) is 43.9 Å². The topological polar surface area (TPSA) is 73.6 Å². The van der Waals surface area contributed by atoms with Crippen LogP contribution in [0.15, 0.2) is 0 Å². The monoisotopic (exact) mass is 256 g/mol. The molecule has 0 bridgehead atoms. The Morgan fingerprint density at radius 1 is 1.28 bits per heavy atom. The van der Waals surface area contributed by atoms with Gasteiger partial charge in [0.05, 0.1) is 12.7 Å². The number of carbonyl (C=O) groups excluding carboxylic acids is 1. The Labute approximate surface area is 108 Å². The van der Waals surface area contributed by atoms with Crippen molar-refractivity contribution in [3.05, 3.63) is 0 Å². The van der Waals surface area contributed by atoms with Crippen LogP contribution in [0.25, 0.3) is 0 Å². The first-order valence-corrected chi connectivity index (χ1v) is 7.02. The molecule has 18 heavy (non-hydrogen) atoms. The van der Waals surface area contributed by atoms with Gasteiger partial charge in [0.25, 0.3) is 0 Å². The Hall–Kier alpha value is -0.650. The molecule has 104 valence electrons. The summed E-state index contributed by atoms with van der Waals surface area (Å²) in [6.45, 7) is 1.86. The molecule has 3 N–H and O–H groups in total. The number of hydrogen-bond donors (Lipinski definition) is 2. The highest BCUT2D eigenvalue weighted by Gasteiger charge is 2.23. The molecule has 0 unspecified atom stereocenters. The third kappa shape index (κ3) is 4.23.